The molecule has 36 heavy (non-hydrogen) atoms. The third-order valence-electron chi connectivity index (χ3n) is 5.29. The largest absolute Gasteiger partial charge is 0.103 e. The molecule has 0 bridgehead atoms. The van der Waals surface area contributed by atoms with Crippen LogP contribution in [-0.2, 0) is 5.41 Å². The SMILES string of the molecule is C/C=C\C1=C(C)c2ccccc2C1(c1ccccc1)c1ccccc1.C=CC.CC.CC.CC.CC. The summed E-state index contributed by atoms with van der Waals surface area (Å²) in [7, 11) is 0. The average Bonchev–Trinajstić information content (AvgIpc) is 3.23. The third-order valence-corrected chi connectivity index (χ3v) is 5.29. The minimum atomic E-state index is -0.254. The maximum absolute atomic E-state index is 3.36. The van der Waals surface area contributed by atoms with Crippen LogP contribution in [0.3, 0.4) is 0 Å². The molecule has 0 N–H and O–H groups in total. The Balaban J connectivity index is 0. The van der Waals surface area contributed by atoms with E-state index in [1.807, 2.05) is 62.3 Å². The highest BCUT2D eigenvalue weighted by atomic mass is 14.5. The van der Waals surface area contributed by atoms with Crippen molar-refractivity contribution in [1.82, 2.24) is 0 Å². The quantitative estimate of drug-likeness (QED) is 0.324. The number of allylic oxidation sites excluding steroid dienone is 5. The van der Waals surface area contributed by atoms with E-state index in [2.05, 4.69) is 118 Å². The lowest BCUT2D eigenvalue weighted by Gasteiger charge is -2.34. The van der Waals surface area contributed by atoms with Crippen molar-refractivity contribution in [2.24, 2.45) is 0 Å². The van der Waals surface area contributed by atoms with Crippen molar-refractivity contribution >= 4 is 5.57 Å². The lowest BCUT2D eigenvalue weighted by molar-refractivity contribution is 0.761. The van der Waals surface area contributed by atoms with E-state index in [9.17, 15) is 0 Å². The predicted octanol–water partition coefficient (Wildman–Crippen LogP) is 11.7. The van der Waals surface area contributed by atoms with Gasteiger partial charge < -0.3 is 0 Å². The van der Waals surface area contributed by atoms with Gasteiger partial charge in [0, 0.05) is 0 Å². The first kappa shape index (κ1) is 35.0. The summed E-state index contributed by atoms with van der Waals surface area (Å²) in [5, 5.41) is 0. The van der Waals surface area contributed by atoms with Crippen molar-refractivity contribution in [2.45, 2.75) is 81.6 Å². The molecule has 3 aromatic rings. The highest BCUT2D eigenvalue weighted by Gasteiger charge is 2.45. The van der Waals surface area contributed by atoms with Gasteiger partial charge in [-0.15, -0.1) is 6.58 Å². The van der Waals surface area contributed by atoms with Crippen LogP contribution in [0.4, 0.5) is 0 Å². The number of hydrogen-bond donors (Lipinski definition) is 0. The molecule has 0 saturated carbocycles. The Labute approximate surface area is 224 Å². The molecule has 0 saturated heterocycles. The predicted molar refractivity (Wildman–Crippen MR) is 168 cm³/mol. The molecule has 0 radical (unpaired) electrons. The Bertz CT molecular complexity index is 949. The molecule has 0 aliphatic heterocycles. The van der Waals surface area contributed by atoms with Crippen LogP contribution in [0.15, 0.2) is 115 Å². The fraction of sp³-hybridized carbons (Fsp3) is 0.333. The van der Waals surface area contributed by atoms with Gasteiger partial charge in [-0.25, -0.2) is 0 Å². The normalized spacial score (nSPS) is 11.9. The zero-order valence-electron chi connectivity index (χ0n) is 25.0. The van der Waals surface area contributed by atoms with Gasteiger partial charge in [-0.2, -0.15) is 0 Å². The van der Waals surface area contributed by atoms with E-state index >= 15 is 0 Å². The Morgan fingerprint density at radius 2 is 0.944 bits per heavy atom. The molecular weight excluding hydrogens is 432 g/mol. The molecule has 0 unspecified atom stereocenters. The van der Waals surface area contributed by atoms with Gasteiger partial charge in [0.25, 0.3) is 0 Å². The Kier molecular flexibility index (Phi) is 20.6. The Hall–Kier alpha value is -3.12. The summed E-state index contributed by atoms with van der Waals surface area (Å²) in [6.45, 7) is 25.6. The summed E-state index contributed by atoms with van der Waals surface area (Å²) in [4.78, 5) is 0. The molecule has 0 atom stereocenters. The van der Waals surface area contributed by atoms with Crippen LogP contribution in [0.25, 0.3) is 5.57 Å². The van der Waals surface area contributed by atoms with Gasteiger partial charge in [0.2, 0.25) is 0 Å². The second-order valence-corrected chi connectivity index (χ2v) is 6.97. The molecule has 196 valence electrons. The summed E-state index contributed by atoms with van der Waals surface area (Å²) < 4.78 is 0. The number of fused-ring (bicyclic) bond motifs is 1. The van der Waals surface area contributed by atoms with Crippen molar-refractivity contribution in [3.63, 3.8) is 0 Å². The van der Waals surface area contributed by atoms with Crippen molar-refractivity contribution in [3.8, 4) is 0 Å². The molecule has 0 heterocycles. The highest BCUT2D eigenvalue weighted by Crippen LogP contribution is 2.54. The third kappa shape index (κ3) is 7.95. The van der Waals surface area contributed by atoms with Crippen LogP contribution in [-0.4, -0.2) is 0 Å². The fourth-order valence-electron chi connectivity index (χ4n) is 4.29. The van der Waals surface area contributed by atoms with E-state index in [0.29, 0.717) is 0 Å². The summed E-state index contributed by atoms with van der Waals surface area (Å²) >= 11 is 0. The van der Waals surface area contributed by atoms with E-state index < -0.39 is 0 Å². The van der Waals surface area contributed by atoms with Crippen LogP contribution in [0.2, 0.25) is 0 Å². The monoisotopic (exact) mass is 484 g/mol. The second-order valence-electron chi connectivity index (χ2n) is 6.97. The number of rotatable bonds is 3. The van der Waals surface area contributed by atoms with Crippen LogP contribution in [0.1, 0.15) is 98.4 Å². The maximum Gasteiger partial charge on any atom is 0.0710 e. The molecule has 1 aliphatic rings. The number of benzene rings is 3. The molecule has 3 aromatic carbocycles. The van der Waals surface area contributed by atoms with E-state index in [1.165, 1.54) is 33.4 Å². The van der Waals surface area contributed by atoms with Crippen molar-refractivity contribution in [3.05, 3.63) is 138 Å². The molecule has 0 amide bonds. The summed E-state index contributed by atoms with van der Waals surface area (Å²) in [5.41, 5.74) is 7.84. The molecular formula is C36H52. The van der Waals surface area contributed by atoms with Gasteiger partial charge in [0.15, 0.2) is 0 Å². The van der Waals surface area contributed by atoms with Gasteiger partial charge in [-0.3, -0.25) is 0 Å². The van der Waals surface area contributed by atoms with Crippen LogP contribution in [0.5, 0.6) is 0 Å². The Morgan fingerprint density at radius 1 is 0.583 bits per heavy atom. The molecule has 1 aliphatic carbocycles. The first-order valence-electron chi connectivity index (χ1n) is 13.8. The standard InChI is InChI=1S/C25H22.C3H6.4C2H6/c1-3-12-23-19(2)22-17-10-11-18-24(22)25(23,20-13-6-4-7-14-20)21-15-8-5-9-16-21;1-3-2;4*1-2/h3-18H,1-2H3;3H,1H2,2H3;4*1-2H3/b12-3-;;;;;. The minimum Gasteiger partial charge on any atom is -0.103 e. The van der Waals surface area contributed by atoms with Gasteiger partial charge in [0.1, 0.15) is 0 Å². The zero-order chi connectivity index (χ0) is 28.0. The molecule has 0 fully saturated rings. The van der Waals surface area contributed by atoms with E-state index in [4.69, 9.17) is 0 Å². The molecule has 0 spiro atoms. The summed E-state index contributed by atoms with van der Waals surface area (Å²) in [5.74, 6) is 0. The van der Waals surface area contributed by atoms with Crippen molar-refractivity contribution in [1.29, 1.82) is 0 Å². The van der Waals surface area contributed by atoms with Crippen LogP contribution < -0.4 is 0 Å². The highest BCUT2D eigenvalue weighted by molar-refractivity contribution is 5.86. The average molecular weight is 485 g/mol. The van der Waals surface area contributed by atoms with Gasteiger partial charge >= 0.3 is 0 Å². The minimum absolute atomic E-state index is 0.254. The molecule has 4 rings (SSSR count). The van der Waals surface area contributed by atoms with Crippen molar-refractivity contribution in [2.75, 3.05) is 0 Å². The van der Waals surface area contributed by atoms with Crippen molar-refractivity contribution < 1.29 is 0 Å². The summed E-state index contributed by atoms with van der Waals surface area (Å²) in [6, 6.07) is 30.6. The lowest BCUT2D eigenvalue weighted by atomic mass is 9.67. The first-order valence-corrected chi connectivity index (χ1v) is 13.8. The topological polar surface area (TPSA) is 0 Å². The smallest absolute Gasteiger partial charge is 0.0710 e. The fourth-order valence-corrected chi connectivity index (χ4v) is 4.29. The first-order chi connectivity index (χ1) is 17.7. The maximum atomic E-state index is 3.36. The van der Waals surface area contributed by atoms with Gasteiger partial charge in [-0.05, 0) is 54.2 Å². The zero-order valence-corrected chi connectivity index (χ0v) is 25.0. The van der Waals surface area contributed by atoms with Crippen LogP contribution in [0, 0.1) is 0 Å². The van der Waals surface area contributed by atoms with Gasteiger partial charge in [-0.1, -0.05) is 159 Å². The Morgan fingerprint density at radius 3 is 1.33 bits per heavy atom. The van der Waals surface area contributed by atoms with E-state index in [0.717, 1.165) is 0 Å². The molecule has 0 aromatic heterocycles. The molecule has 0 heteroatoms. The van der Waals surface area contributed by atoms with Crippen LogP contribution >= 0.6 is 0 Å². The summed E-state index contributed by atoms with van der Waals surface area (Å²) in [6.07, 6.45) is 6.20. The van der Waals surface area contributed by atoms with E-state index in [1.54, 1.807) is 6.08 Å². The lowest BCUT2D eigenvalue weighted by Crippen LogP contribution is -2.29. The van der Waals surface area contributed by atoms with Gasteiger partial charge in [0.05, 0.1) is 5.41 Å². The molecule has 0 nitrogen and oxygen atoms in total. The second kappa shape index (κ2) is 21.2. The van der Waals surface area contributed by atoms with E-state index in [-0.39, 0.29) is 5.41 Å². The number of hydrogen-bond acceptors (Lipinski definition) is 0.